The normalized spacial score (nSPS) is 10.9. The molecule has 0 bridgehead atoms. The van der Waals surface area contributed by atoms with Gasteiger partial charge in [-0.25, -0.2) is 13.4 Å². The Bertz CT molecular complexity index is 598. The third-order valence-electron chi connectivity index (χ3n) is 2.21. The molecule has 0 aromatic carbocycles. The lowest BCUT2D eigenvalue weighted by Gasteiger charge is -2.18. The average Bonchev–Trinajstić information content (AvgIpc) is 2.38. The Morgan fingerprint density at radius 2 is 2.17 bits per heavy atom. The van der Waals surface area contributed by atoms with E-state index in [4.69, 9.17) is 10.5 Å². The highest BCUT2D eigenvalue weighted by Crippen LogP contribution is 2.18. The maximum Gasteiger partial charge on any atom is 0.246 e. The van der Waals surface area contributed by atoms with E-state index in [1.165, 1.54) is 18.3 Å². The van der Waals surface area contributed by atoms with Crippen molar-refractivity contribution >= 4 is 10.0 Å². The van der Waals surface area contributed by atoms with Gasteiger partial charge in [0.1, 0.15) is 17.5 Å². The van der Waals surface area contributed by atoms with E-state index >= 15 is 0 Å². The molecule has 0 spiro atoms. The molecule has 0 aliphatic heterocycles. The Balaban J connectivity index is 3.28. The van der Waals surface area contributed by atoms with Gasteiger partial charge in [-0.1, -0.05) is 6.92 Å². The molecule has 0 fully saturated rings. The molecule has 18 heavy (non-hydrogen) atoms. The van der Waals surface area contributed by atoms with Gasteiger partial charge < -0.3 is 0 Å². The van der Waals surface area contributed by atoms with Crippen LogP contribution in [0.2, 0.25) is 0 Å². The first-order chi connectivity index (χ1) is 8.57. The van der Waals surface area contributed by atoms with Gasteiger partial charge in [0.15, 0.2) is 5.69 Å². The summed E-state index contributed by atoms with van der Waals surface area (Å²) in [5.74, 6) is 0. The van der Waals surface area contributed by atoms with E-state index in [2.05, 4.69) is 4.98 Å². The molecule has 0 aliphatic rings. The van der Waals surface area contributed by atoms with E-state index in [1.807, 2.05) is 13.0 Å². The quantitative estimate of drug-likeness (QED) is 0.735. The number of hydrogen-bond donors (Lipinski definition) is 0. The molecule has 0 aliphatic carbocycles. The van der Waals surface area contributed by atoms with Gasteiger partial charge in [-0.3, -0.25) is 0 Å². The molecular formula is C11H12N4O2S. The number of nitriles is 2. The van der Waals surface area contributed by atoms with Gasteiger partial charge in [0.05, 0.1) is 6.07 Å². The highest BCUT2D eigenvalue weighted by Gasteiger charge is 2.26. The Morgan fingerprint density at radius 1 is 1.44 bits per heavy atom. The van der Waals surface area contributed by atoms with Crippen molar-refractivity contribution in [3.63, 3.8) is 0 Å². The summed E-state index contributed by atoms with van der Waals surface area (Å²) >= 11 is 0. The molecule has 0 N–H and O–H groups in total. The van der Waals surface area contributed by atoms with Gasteiger partial charge in [0, 0.05) is 12.7 Å². The molecule has 0 saturated heterocycles. The largest absolute Gasteiger partial charge is 0.246 e. The molecule has 0 amide bonds. The van der Waals surface area contributed by atoms with Crippen molar-refractivity contribution in [3.8, 4) is 12.1 Å². The van der Waals surface area contributed by atoms with E-state index in [0.717, 1.165) is 4.31 Å². The van der Waals surface area contributed by atoms with Crippen LogP contribution < -0.4 is 0 Å². The van der Waals surface area contributed by atoms with Gasteiger partial charge in [-0.2, -0.15) is 14.8 Å². The molecule has 94 valence electrons. The standard InChI is InChI=1S/C11H12N4O2S/c1-2-7-15(8-5-12)18(16,17)11-4-3-6-14-10(11)9-13/h3-4,6H,2,7-8H2,1H3. The minimum atomic E-state index is -3.84. The Kier molecular flexibility index (Phi) is 4.78. The van der Waals surface area contributed by atoms with Crippen LogP contribution in [0.3, 0.4) is 0 Å². The van der Waals surface area contributed by atoms with E-state index in [9.17, 15) is 8.42 Å². The molecule has 0 atom stereocenters. The third-order valence-corrected chi connectivity index (χ3v) is 4.09. The predicted molar refractivity (Wildman–Crippen MR) is 63.6 cm³/mol. The third kappa shape index (κ3) is 2.83. The second kappa shape index (κ2) is 6.10. The molecular weight excluding hydrogens is 252 g/mol. The van der Waals surface area contributed by atoms with Gasteiger partial charge in [0.2, 0.25) is 10.0 Å². The summed E-state index contributed by atoms with van der Waals surface area (Å²) in [6, 6.07) is 6.32. The van der Waals surface area contributed by atoms with E-state index in [-0.39, 0.29) is 23.7 Å². The molecule has 1 aromatic heterocycles. The lowest BCUT2D eigenvalue weighted by Crippen LogP contribution is -2.32. The van der Waals surface area contributed by atoms with Crippen LogP contribution in [0, 0.1) is 22.7 Å². The predicted octanol–water partition coefficient (Wildman–Crippen LogP) is 0.878. The van der Waals surface area contributed by atoms with Gasteiger partial charge >= 0.3 is 0 Å². The summed E-state index contributed by atoms with van der Waals surface area (Å²) in [6.07, 6.45) is 1.94. The topological polar surface area (TPSA) is 97.8 Å². The number of pyridine rings is 1. The fraction of sp³-hybridized carbons (Fsp3) is 0.364. The van der Waals surface area contributed by atoms with E-state index in [0.29, 0.717) is 6.42 Å². The second-order valence-electron chi connectivity index (χ2n) is 3.46. The van der Waals surface area contributed by atoms with Crippen molar-refractivity contribution in [2.24, 2.45) is 0 Å². The summed E-state index contributed by atoms with van der Waals surface area (Å²) in [7, 11) is -3.84. The molecule has 1 rings (SSSR count). The average molecular weight is 264 g/mol. The Labute approximate surface area is 106 Å². The maximum absolute atomic E-state index is 12.3. The Hall–Kier alpha value is -1.96. The second-order valence-corrected chi connectivity index (χ2v) is 5.37. The van der Waals surface area contributed by atoms with Crippen LogP contribution >= 0.6 is 0 Å². The molecule has 6 nitrogen and oxygen atoms in total. The molecule has 0 unspecified atom stereocenters. The first-order valence-electron chi connectivity index (χ1n) is 5.30. The Morgan fingerprint density at radius 3 is 2.72 bits per heavy atom. The van der Waals surface area contributed by atoms with Crippen molar-refractivity contribution in [2.45, 2.75) is 18.2 Å². The van der Waals surface area contributed by atoms with Crippen LogP contribution in [0.5, 0.6) is 0 Å². The number of sulfonamides is 1. The zero-order chi connectivity index (χ0) is 13.6. The lowest BCUT2D eigenvalue weighted by atomic mass is 10.4. The summed E-state index contributed by atoms with van der Waals surface area (Å²) in [5, 5.41) is 17.5. The minimum Gasteiger partial charge on any atom is -0.244 e. The first-order valence-corrected chi connectivity index (χ1v) is 6.74. The van der Waals surface area contributed by atoms with Crippen LogP contribution in [0.25, 0.3) is 0 Å². The highest BCUT2D eigenvalue weighted by atomic mass is 32.2. The zero-order valence-electron chi connectivity index (χ0n) is 9.87. The first kappa shape index (κ1) is 14.1. The van der Waals surface area contributed by atoms with Crippen molar-refractivity contribution in [3.05, 3.63) is 24.0 Å². The summed E-state index contributed by atoms with van der Waals surface area (Å²) in [4.78, 5) is 3.56. The van der Waals surface area contributed by atoms with Crippen LogP contribution in [0.1, 0.15) is 19.0 Å². The summed E-state index contributed by atoms with van der Waals surface area (Å²) in [6.45, 7) is 1.81. The van der Waals surface area contributed by atoms with E-state index < -0.39 is 10.0 Å². The van der Waals surface area contributed by atoms with Crippen molar-refractivity contribution < 1.29 is 8.42 Å². The summed E-state index contributed by atoms with van der Waals surface area (Å²) < 4.78 is 25.6. The maximum atomic E-state index is 12.3. The fourth-order valence-corrected chi connectivity index (χ4v) is 2.96. The van der Waals surface area contributed by atoms with E-state index in [1.54, 1.807) is 6.07 Å². The fourth-order valence-electron chi connectivity index (χ4n) is 1.43. The van der Waals surface area contributed by atoms with Crippen molar-refractivity contribution in [1.29, 1.82) is 10.5 Å². The number of aromatic nitrogens is 1. The summed E-state index contributed by atoms with van der Waals surface area (Å²) in [5.41, 5.74) is -0.156. The number of rotatable bonds is 5. The molecule has 1 aromatic rings. The van der Waals surface area contributed by atoms with Crippen LogP contribution in [-0.4, -0.2) is 30.8 Å². The van der Waals surface area contributed by atoms with Gasteiger partial charge in [-0.05, 0) is 18.6 Å². The molecule has 1 heterocycles. The zero-order valence-corrected chi connectivity index (χ0v) is 10.7. The molecule has 0 saturated carbocycles. The smallest absolute Gasteiger partial charge is 0.244 e. The van der Waals surface area contributed by atoms with Crippen molar-refractivity contribution in [1.82, 2.24) is 9.29 Å². The van der Waals surface area contributed by atoms with Crippen LogP contribution in [0.4, 0.5) is 0 Å². The lowest BCUT2D eigenvalue weighted by molar-refractivity contribution is 0.444. The monoisotopic (exact) mass is 264 g/mol. The van der Waals surface area contributed by atoms with Crippen LogP contribution in [0.15, 0.2) is 23.2 Å². The molecule has 0 radical (unpaired) electrons. The van der Waals surface area contributed by atoms with Gasteiger partial charge in [0.25, 0.3) is 0 Å². The van der Waals surface area contributed by atoms with Gasteiger partial charge in [-0.15, -0.1) is 0 Å². The number of nitrogens with zero attached hydrogens (tertiary/aromatic N) is 4. The highest BCUT2D eigenvalue weighted by molar-refractivity contribution is 7.89. The molecule has 7 heteroatoms. The minimum absolute atomic E-state index is 0.156. The van der Waals surface area contributed by atoms with Crippen LogP contribution in [-0.2, 0) is 10.0 Å². The SMILES string of the molecule is CCCN(CC#N)S(=O)(=O)c1cccnc1C#N. The van der Waals surface area contributed by atoms with Crippen molar-refractivity contribution in [2.75, 3.05) is 13.1 Å². The number of hydrogen-bond acceptors (Lipinski definition) is 5.